The number of pyridine rings is 1. The summed E-state index contributed by atoms with van der Waals surface area (Å²) >= 11 is 0. The van der Waals surface area contributed by atoms with Crippen molar-refractivity contribution in [3.63, 3.8) is 0 Å². The molecule has 0 radical (unpaired) electrons. The molecule has 1 aliphatic heterocycles. The second-order valence-electron chi connectivity index (χ2n) is 6.04. The molecular weight excluding hydrogens is 255 g/mol. The Morgan fingerprint density at radius 2 is 1.80 bits per heavy atom. The van der Waals surface area contributed by atoms with Crippen LogP contribution < -0.4 is 10.8 Å². The molecule has 1 aliphatic rings. The maximum Gasteiger partial charge on any atom is 0.495 e. The number of aromatic nitrogens is 1. The third kappa shape index (κ3) is 2.34. The molecule has 0 bridgehead atoms. The predicted molar refractivity (Wildman–Crippen MR) is 78.1 cm³/mol. The SMILES string of the molecule is CNC(=O)c1nccc(B2OC(C)(C)C(C)(C)O2)c1C. The fourth-order valence-electron chi connectivity index (χ4n) is 2.12. The number of nitrogens with zero attached hydrogens (tertiary/aromatic N) is 1. The van der Waals surface area contributed by atoms with Crippen LogP contribution in [0.25, 0.3) is 0 Å². The molecule has 1 aromatic heterocycles. The Kier molecular flexibility index (Phi) is 3.65. The highest BCUT2D eigenvalue weighted by atomic mass is 16.7. The van der Waals surface area contributed by atoms with E-state index in [1.165, 1.54) is 0 Å². The van der Waals surface area contributed by atoms with Crippen LogP contribution in [0.15, 0.2) is 12.3 Å². The first-order valence-corrected chi connectivity index (χ1v) is 6.73. The first-order valence-electron chi connectivity index (χ1n) is 6.73. The van der Waals surface area contributed by atoms with E-state index in [-0.39, 0.29) is 5.91 Å². The maximum absolute atomic E-state index is 11.8. The molecular formula is C14H21BN2O3. The van der Waals surface area contributed by atoms with Gasteiger partial charge in [-0.25, -0.2) is 0 Å². The Bertz CT molecular complexity index is 527. The van der Waals surface area contributed by atoms with Crippen LogP contribution >= 0.6 is 0 Å². The summed E-state index contributed by atoms with van der Waals surface area (Å²) in [6.45, 7) is 9.87. The van der Waals surface area contributed by atoms with Gasteiger partial charge in [-0.2, -0.15) is 0 Å². The average molecular weight is 276 g/mol. The summed E-state index contributed by atoms with van der Waals surface area (Å²) in [6.07, 6.45) is 1.61. The lowest BCUT2D eigenvalue weighted by atomic mass is 9.76. The van der Waals surface area contributed by atoms with E-state index < -0.39 is 18.3 Å². The Morgan fingerprint density at radius 3 is 2.30 bits per heavy atom. The van der Waals surface area contributed by atoms with Crippen molar-refractivity contribution in [3.8, 4) is 0 Å². The second-order valence-corrected chi connectivity index (χ2v) is 6.04. The van der Waals surface area contributed by atoms with Crippen LogP contribution in [0.2, 0.25) is 0 Å². The van der Waals surface area contributed by atoms with Crippen molar-refractivity contribution in [2.45, 2.75) is 45.8 Å². The van der Waals surface area contributed by atoms with Crippen LogP contribution in [0.3, 0.4) is 0 Å². The summed E-state index contributed by atoms with van der Waals surface area (Å²) in [5.74, 6) is -0.208. The zero-order valence-corrected chi connectivity index (χ0v) is 12.9. The zero-order chi connectivity index (χ0) is 15.1. The van der Waals surface area contributed by atoms with Gasteiger partial charge in [0.15, 0.2) is 0 Å². The van der Waals surface area contributed by atoms with Gasteiger partial charge in [0.25, 0.3) is 5.91 Å². The van der Waals surface area contributed by atoms with Crippen LogP contribution in [-0.4, -0.2) is 36.3 Å². The monoisotopic (exact) mass is 276 g/mol. The van der Waals surface area contributed by atoms with Gasteiger partial charge in [-0.1, -0.05) is 0 Å². The first kappa shape index (κ1) is 15.0. The fraction of sp³-hybridized carbons (Fsp3) is 0.571. The van der Waals surface area contributed by atoms with Crippen molar-refractivity contribution in [2.24, 2.45) is 0 Å². The quantitative estimate of drug-likeness (QED) is 0.820. The van der Waals surface area contributed by atoms with Crippen molar-refractivity contribution in [1.29, 1.82) is 0 Å². The highest BCUT2D eigenvalue weighted by Crippen LogP contribution is 2.36. The highest BCUT2D eigenvalue weighted by molar-refractivity contribution is 6.62. The number of hydrogen-bond donors (Lipinski definition) is 1. The Balaban J connectivity index is 2.39. The molecule has 0 aromatic carbocycles. The number of nitrogens with one attached hydrogen (secondary N) is 1. The van der Waals surface area contributed by atoms with Crippen LogP contribution in [0.5, 0.6) is 0 Å². The average Bonchev–Trinajstić information content (AvgIpc) is 2.57. The number of rotatable bonds is 2. The van der Waals surface area contributed by atoms with Gasteiger partial charge in [-0.05, 0) is 51.7 Å². The maximum atomic E-state index is 11.8. The van der Waals surface area contributed by atoms with E-state index >= 15 is 0 Å². The van der Waals surface area contributed by atoms with Crippen molar-refractivity contribution < 1.29 is 14.1 Å². The van der Waals surface area contributed by atoms with Gasteiger partial charge in [0.2, 0.25) is 0 Å². The van der Waals surface area contributed by atoms with E-state index in [1.54, 1.807) is 13.2 Å². The zero-order valence-electron chi connectivity index (χ0n) is 12.9. The van der Waals surface area contributed by atoms with Gasteiger partial charge in [-0.15, -0.1) is 0 Å². The largest absolute Gasteiger partial charge is 0.495 e. The molecule has 1 amide bonds. The second kappa shape index (κ2) is 4.86. The van der Waals surface area contributed by atoms with E-state index in [4.69, 9.17) is 9.31 Å². The molecule has 1 N–H and O–H groups in total. The molecule has 2 heterocycles. The summed E-state index contributed by atoms with van der Waals surface area (Å²) in [5, 5.41) is 2.59. The molecule has 0 unspecified atom stereocenters. The third-order valence-electron chi connectivity index (χ3n) is 4.20. The van der Waals surface area contributed by atoms with Crippen molar-refractivity contribution >= 4 is 18.5 Å². The number of amides is 1. The predicted octanol–water partition coefficient (Wildman–Crippen LogP) is 1.05. The molecule has 0 aliphatic carbocycles. The molecule has 108 valence electrons. The third-order valence-corrected chi connectivity index (χ3v) is 4.20. The summed E-state index contributed by atoms with van der Waals surface area (Å²) < 4.78 is 12.0. The fourth-order valence-corrected chi connectivity index (χ4v) is 2.12. The van der Waals surface area contributed by atoms with Crippen molar-refractivity contribution in [3.05, 3.63) is 23.5 Å². The van der Waals surface area contributed by atoms with Crippen molar-refractivity contribution in [2.75, 3.05) is 7.05 Å². The molecule has 0 saturated carbocycles. The molecule has 20 heavy (non-hydrogen) atoms. The molecule has 1 aromatic rings. The summed E-state index contributed by atoms with van der Waals surface area (Å²) in [4.78, 5) is 15.9. The standard InChI is InChI=1S/C14H21BN2O3/c1-9-10(7-8-17-11(9)12(18)16-6)15-19-13(2,3)14(4,5)20-15/h7-8H,1-6H3,(H,16,18). The smallest absolute Gasteiger partial charge is 0.399 e. The van der Waals surface area contributed by atoms with Crippen LogP contribution in [0.4, 0.5) is 0 Å². The minimum atomic E-state index is -0.480. The van der Waals surface area contributed by atoms with Gasteiger partial charge in [0.05, 0.1) is 11.2 Å². The van der Waals surface area contributed by atoms with Gasteiger partial charge >= 0.3 is 7.12 Å². The van der Waals surface area contributed by atoms with E-state index in [9.17, 15) is 4.79 Å². The van der Waals surface area contributed by atoms with Crippen LogP contribution in [-0.2, 0) is 9.31 Å². The first-order chi connectivity index (χ1) is 9.19. The van der Waals surface area contributed by atoms with Gasteiger partial charge in [0.1, 0.15) is 5.69 Å². The molecule has 5 nitrogen and oxygen atoms in total. The molecule has 1 saturated heterocycles. The number of carbonyl (C=O) groups is 1. The van der Waals surface area contributed by atoms with Gasteiger partial charge < -0.3 is 14.6 Å². The van der Waals surface area contributed by atoms with Gasteiger partial charge in [0, 0.05) is 13.2 Å². The van der Waals surface area contributed by atoms with Crippen LogP contribution in [0, 0.1) is 6.92 Å². The Labute approximate surface area is 120 Å². The molecule has 6 heteroatoms. The molecule has 2 rings (SSSR count). The van der Waals surface area contributed by atoms with E-state index in [0.29, 0.717) is 5.69 Å². The minimum absolute atomic E-state index is 0.208. The minimum Gasteiger partial charge on any atom is -0.399 e. The topological polar surface area (TPSA) is 60.5 Å². The van der Waals surface area contributed by atoms with E-state index in [1.807, 2.05) is 40.7 Å². The molecule has 0 atom stereocenters. The summed E-state index contributed by atoms with van der Waals surface area (Å²) in [7, 11) is 1.11. The molecule has 0 spiro atoms. The van der Waals surface area contributed by atoms with Crippen molar-refractivity contribution in [1.82, 2.24) is 10.3 Å². The lowest BCUT2D eigenvalue weighted by Crippen LogP contribution is -2.41. The Morgan fingerprint density at radius 1 is 1.25 bits per heavy atom. The number of hydrogen-bond acceptors (Lipinski definition) is 4. The summed E-state index contributed by atoms with van der Waals surface area (Å²) in [5.41, 5.74) is 1.23. The Hall–Kier alpha value is -1.40. The van der Waals surface area contributed by atoms with E-state index in [0.717, 1.165) is 11.0 Å². The lowest BCUT2D eigenvalue weighted by Gasteiger charge is -2.32. The number of carbonyl (C=O) groups excluding carboxylic acids is 1. The summed E-state index contributed by atoms with van der Waals surface area (Å²) in [6, 6.07) is 1.84. The van der Waals surface area contributed by atoms with E-state index in [2.05, 4.69) is 10.3 Å². The molecule has 1 fully saturated rings. The van der Waals surface area contributed by atoms with Crippen LogP contribution in [0.1, 0.15) is 43.7 Å². The normalized spacial score (nSPS) is 20.0. The van der Waals surface area contributed by atoms with Gasteiger partial charge in [-0.3, -0.25) is 9.78 Å². The lowest BCUT2D eigenvalue weighted by molar-refractivity contribution is 0.00578. The highest BCUT2D eigenvalue weighted by Gasteiger charge is 2.52.